The molecule has 1 atom stereocenters. The van der Waals surface area contributed by atoms with E-state index in [1.54, 1.807) is 13.8 Å². The van der Waals surface area contributed by atoms with Crippen molar-refractivity contribution in [1.82, 2.24) is 10.7 Å². The Morgan fingerprint density at radius 2 is 1.79 bits per heavy atom. The van der Waals surface area contributed by atoms with E-state index in [9.17, 15) is 19.7 Å². The molecule has 12 heteroatoms. The number of ether oxygens (including phenoxy) is 2. The zero-order chi connectivity index (χ0) is 28.5. The highest BCUT2D eigenvalue weighted by Crippen LogP contribution is 2.34. The van der Waals surface area contributed by atoms with Gasteiger partial charge in [0.1, 0.15) is 12.6 Å². The highest BCUT2D eigenvalue weighted by molar-refractivity contribution is 6.36. The van der Waals surface area contributed by atoms with Gasteiger partial charge in [-0.25, -0.2) is 5.43 Å². The number of hydrazone groups is 1. The van der Waals surface area contributed by atoms with E-state index < -0.39 is 22.8 Å². The number of rotatable bonds is 11. The van der Waals surface area contributed by atoms with Gasteiger partial charge in [0.2, 0.25) is 0 Å². The summed E-state index contributed by atoms with van der Waals surface area (Å²) in [5.41, 5.74) is 3.12. The molecule has 3 rings (SSSR count). The molecule has 2 amide bonds. The maximum atomic E-state index is 12.8. The summed E-state index contributed by atoms with van der Waals surface area (Å²) in [6.45, 7) is 3.66. The maximum Gasteiger partial charge on any atom is 0.282 e. The van der Waals surface area contributed by atoms with Crippen LogP contribution < -0.4 is 20.2 Å². The second-order valence-electron chi connectivity index (χ2n) is 8.65. The molecule has 204 valence electrons. The Morgan fingerprint density at radius 3 is 2.41 bits per heavy atom. The van der Waals surface area contributed by atoms with Crippen molar-refractivity contribution < 1.29 is 24.0 Å². The molecule has 0 heterocycles. The average Bonchev–Trinajstić information content (AvgIpc) is 2.90. The zero-order valence-electron chi connectivity index (χ0n) is 21.3. The minimum atomic E-state index is -0.973. The van der Waals surface area contributed by atoms with E-state index in [0.29, 0.717) is 5.02 Å². The number of halogens is 2. The summed E-state index contributed by atoms with van der Waals surface area (Å²) in [7, 11) is 1.40. The minimum absolute atomic E-state index is 0.0716. The van der Waals surface area contributed by atoms with Gasteiger partial charge in [-0.1, -0.05) is 67.4 Å². The second kappa shape index (κ2) is 13.6. The lowest BCUT2D eigenvalue weighted by Crippen LogP contribution is -2.48. The normalized spacial score (nSPS) is 11.7. The Kier molecular flexibility index (Phi) is 10.2. The highest BCUT2D eigenvalue weighted by atomic mass is 35.5. The monoisotopic (exact) mass is 572 g/mol. The van der Waals surface area contributed by atoms with Crippen LogP contribution in [0, 0.1) is 16.0 Å². The molecule has 2 N–H and O–H groups in total. The van der Waals surface area contributed by atoms with Crippen LogP contribution in [-0.4, -0.2) is 36.1 Å². The van der Waals surface area contributed by atoms with Crippen LogP contribution in [0.15, 0.2) is 65.8 Å². The smallest absolute Gasteiger partial charge is 0.282 e. The third-order valence-corrected chi connectivity index (χ3v) is 6.08. The van der Waals surface area contributed by atoms with Crippen LogP contribution in [0.25, 0.3) is 0 Å². The van der Waals surface area contributed by atoms with Crippen LogP contribution in [0.3, 0.4) is 0 Å². The Balaban J connectivity index is 1.75. The van der Waals surface area contributed by atoms with Crippen molar-refractivity contribution in [3.63, 3.8) is 0 Å². The van der Waals surface area contributed by atoms with Gasteiger partial charge in [-0.2, -0.15) is 5.10 Å². The summed E-state index contributed by atoms with van der Waals surface area (Å²) in [5, 5.41) is 18.7. The fourth-order valence-corrected chi connectivity index (χ4v) is 3.99. The molecule has 0 saturated heterocycles. The van der Waals surface area contributed by atoms with Crippen LogP contribution in [0.5, 0.6) is 11.5 Å². The molecule has 3 aromatic carbocycles. The highest BCUT2D eigenvalue weighted by Gasteiger charge is 2.26. The van der Waals surface area contributed by atoms with Crippen molar-refractivity contribution in [2.24, 2.45) is 11.0 Å². The summed E-state index contributed by atoms with van der Waals surface area (Å²) < 4.78 is 11.1. The number of carbonyl (C=O) groups excluding carboxylic acids is 2. The molecule has 1 unspecified atom stereocenters. The number of nitro groups is 1. The van der Waals surface area contributed by atoms with Gasteiger partial charge in [-0.15, -0.1) is 0 Å². The first-order chi connectivity index (χ1) is 18.6. The van der Waals surface area contributed by atoms with Gasteiger partial charge in [0, 0.05) is 5.02 Å². The number of benzene rings is 3. The number of nitrogens with one attached hydrogen (secondary N) is 2. The quantitative estimate of drug-likeness (QED) is 0.180. The summed E-state index contributed by atoms with van der Waals surface area (Å²) in [6, 6.07) is 15.3. The molecular weight excluding hydrogens is 547 g/mol. The predicted octanol–water partition coefficient (Wildman–Crippen LogP) is 5.39. The van der Waals surface area contributed by atoms with Crippen molar-refractivity contribution in [2.75, 3.05) is 7.11 Å². The van der Waals surface area contributed by atoms with Crippen LogP contribution in [0.2, 0.25) is 10.0 Å². The molecule has 0 aliphatic heterocycles. The number of hydrogen-bond acceptors (Lipinski definition) is 7. The molecule has 0 aliphatic carbocycles. The van der Waals surface area contributed by atoms with E-state index >= 15 is 0 Å². The Labute approximate surface area is 235 Å². The second-order valence-corrected chi connectivity index (χ2v) is 9.49. The lowest BCUT2D eigenvalue weighted by atomic mass is 10.0. The van der Waals surface area contributed by atoms with Crippen molar-refractivity contribution in [1.29, 1.82) is 0 Å². The molecule has 0 aliphatic rings. The van der Waals surface area contributed by atoms with Crippen molar-refractivity contribution in [3.05, 3.63) is 97.5 Å². The van der Waals surface area contributed by atoms with E-state index in [1.165, 1.54) is 37.4 Å². The number of methoxy groups -OCH3 is 1. The number of amides is 2. The maximum absolute atomic E-state index is 12.8. The number of nitrogens with zero attached hydrogens (tertiary/aromatic N) is 2. The van der Waals surface area contributed by atoms with E-state index in [4.69, 9.17) is 32.7 Å². The summed E-state index contributed by atoms with van der Waals surface area (Å²) in [5.74, 6) is -1.09. The molecular formula is C27H26Cl2N4O6. The largest absolute Gasteiger partial charge is 0.493 e. The fraction of sp³-hybridized carbons (Fsp3) is 0.222. The summed E-state index contributed by atoms with van der Waals surface area (Å²) in [4.78, 5) is 36.7. The third-order valence-electron chi connectivity index (χ3n) is 5.54. The Hall–Kier alpha value is -4.15. The van der Waals surface area contributed by atoms with E-state index in [0.717, 1.165) is 11.8 Å². The first-order valence-corrected chi connectivity index (χ1v) is 12.5. The van der Waals surface area contributed by atoms with Gasteiger partial charge in [0.25, 0.3) is 17.5 Å². The van der Waals surface area contributed by atoms with Crippen LogP contribution in [-0.2, 0) is 11.4 Å². The summed E-state index contributed by atoms with van der Waals surface area (Å²) >= 11 is 12.0. The van der Waals surface area contributed by atoms with Crippen molar-refractivity contribution in [2.45, 2.75) is 26.5 Å². The molecule has 0 saturated carbocycles. The molecule has 10 nitrogen and oxygen atoms in total. The third kappa shape index (κ3) is 7.92. The van der Waals surface area contributed by atoms with Crippen LogP contribution in [0.4, 0.5) is 5.69 Å². The standard InChI is InChI=1S/C27H26Cl2N4O6/c1-16(2)25(31-26(34)20-10-9-19(28)12-21(20)29)27(35)32-30-14-18-11-23(38-3)24(13-22(18)33(36)37)39-15-17-7-5-4-6-8-17/h4-14,16,25H,15H2,1-3H3,(H,31,34)(H,32,35)/b30-14-. The van der Waals surface area contributed by atoms with Gasteiger partial charge in [0.15, 0.2) is 11.5 Å². The first-order valence-electron chi connectivity index (χ1n) is 11.7. The van der Waals surface area contributed by atoms with E-state index in [2.05, 4.69) is 15.8 Å². The van der Waals surface area contributed by atoms with Crippen LogP contribution >= 0.6 is 23.2 Å². The SMILES string of the molecule is COc1cc(/C=N\NC(=O)C(NC(=O)c2ccc(Cl)cc2Cl)C(C)C)c([N+](=O)[O-])cc1OCc1ccccc1. The van der Waals surface area contributed by atoms with Gasteiger partial charge in [-0.05, 0) is 35.7 Å². The fourth-order valence-electron chi connectivity index (χ4n) is 3.50. The van der Waals surface area contributed by atoms with Gasteiger partial charge >= 0.3 is 0 Å². The van der Waals surface area contributed by atoms with Gasteiger partial charge in [-0.3, -0.25) is 19.7 Å². The van der Waals surface area contributed by atoms with Crippen molar-refractivity contribution >= 4 is 46.9 Å². The summed E-state index contributed by atoms with van der Waals surface area (Å²) in [6.07, 6.45) is 1.12. The van der Waals surface area contributed by atoms with Gasteiger partial charge < -0.3 is 14.8 Å². The molecule has 0 aromatic heterocycles. The molecule has 39 heavy (non-hydrogen) atoms. The first kappa shape index (κ1) is 29.4. The minimum Gasteiger partial charge on any atom is -0.493 e. The molecule has 3 aromatic rings. The van der Waals surface area contributed by atoms with E-state index in [1.807, 2.05) is 30.3 Å². The number of nitro benzene ring substituents is 1. The van der Waals surface area contributed by atoms with E-state index in [-0.39, 0.29) is 45.9 Å². The zero-order valence-corrected chi connectivity index (χ0v) is 22.8. The predicted molar refractivity (Wildman–Crippen MR) is 149 cm³/mol. The topological polar surface area (TPSA) is 132 Å². The van der Waals surface area contributed by atoms with Gasteiger partial charge in [0.05, 0.1) is 40.5 Å². The number of hydrogen-bond donors (Lipinski definition) is 2. The lowest BCUT2D eigenvalue weighted by molar-refractivity contribution is -0.385. The van der Waals surface area contributed by atoms with Crippen molar-refractivity contribution in [3.8, 4) is 11.5 Å². The molecule has 0 fully saturated rings. The molecule has 0 spiro atoms. The van der Waals surface area contributed by atoms with Crippen LogP contribution in [0.1, 0.15) is 35.3 Å². The lowest BCUT2D eigenvalue weighted by Gasteiger charge is -2.20. The Morgan fingerprint density at radius 1 is 1.08 bits per heavy atom. The molecule has 0 bridgehead atoms. The number of carbonyl (C=O) groups is 2. The average molecular weight is 573 g/mol. The Bertz CT molecular complexity index is 1380. The molecule has 0 radical (unpaired) electrons.